The third-order valence-corrected chi connectivity index (χ3v) is 4.85. The topological polar surface area (TPSA) is 80.0 Å². The van der Waals surface area contributed by atoms with E-state index in [2.05, 4.69) is 15.6 Å². The molecule has 0 aliphatic carbocycles. The van der Waals surface area contributed by atoms with Gasteiger partial charge >= 0.3 is 0 Å². The largest absolute Gasteiger partial charge is 0.382 e. The van der Waals surface area contributed by atoms with Gasteiger partial charge in [-0.2, -0.15) is 0 Å². The second-order valence-corrected chi connectivity index (χ2v) is 7.54. The van der Waals surface area contributed by atoms with E-state index in [0.29, 0.717) is 16.6 Å². The number of anilines is 2. The maximum Gasteiger partial charge on any atom is 0.265 e. The van der Waals surface area contributed by atoms with Crippen molar-refractivity contribution in [2.24, 2.45) is 0 Å². The summed E-state index contributed by atoms with van der Waals surface area (Å²) >= 11 is 8.65. The van der Waals surface area contributed by atoms with Gasteiger partial charge in [-0.1, -0.05) is 22.9 Å². The number of amides is 1. The SMILES string of the molecule is CC(C)Nc1nc(N)c(C(=O)NCCc2ccc(Cl)s2)s1. The van der Waals surface area contributed by atoms with Crippen molar-refractivity contribution in [3.05, 3.63) is 26.2 Å². The van der Waals surface area contributed by atoms with Crippen LogP contribution in [-0.4, -0.2) is 23.5 Å². The molecule has 2 aromatic rings. The van der Waals surface area contributed by atoms with Gasteiger partial charge in [0.2, 0.25) is 0 Å². The average Bonchev–Trinajstić information content (AvgIpc) is 2.95. The fourth-order valence-electron chi connectivity index (χ4n) is 1.67. The monoisotopic (exact) mass is 344 g/mol. The van der Waals surface area contributed by atoms with Gasteiger partial charge < -0.3 is 16.4 Å². The molecule has 0 aliphatic rings. The van der Waals surface area contributed by atoms with Crippen molar-refractivity contribution in [3.63, 3.8) is 0 Å². The molecular formula is C13H17ClN4OS2. The van der Waals surface area contributed by atoms with Crippen molar-refractivity contribution < 1.29 is 4.79 Å². The molecule has 0 atom stereocenters. The summed E-state index contributed by atoms with van der Waals surface area (Å²) in [5, 5.41) is 6.66. The van der Waals surface area contributed by atoms with Crippen LogP contribution in [0.1, 0.15) is 28.4 Å². The zero-order chi connectivity index (χ0) is 15.4. The number of aromatic nitrogens is 1. The fourth-order valence-corrected chi connectivity index (χ4v) is 3.70. The number of halogens is 1. The number of nitrogens with one attached hydrogen (secondary N) is 2. The lowest BCUT2D eigenvalue weighted by atomic mass is 10.3. The summed E-state index contributed by atoms with van der Waals surface area (Å²) in [6.07, 6.45) is 0.749. The first-order valence-electron chi connectivity index (χ1n) is 6.51. The van der Waals surface area contributed by atoms with Crippen molar-refractivity contribution in [2.75, 3.05) is 17.6 Å². The Kier molecular flexibility index (Phi) is 5.44. The van der Waals surface area contributed by atoms with Gasteiger partial charge in [-0.25, -0.2) is 4.98 Å². The Bertz CT molecular complexity index is 623. The second-order valence-electron chi connectivity index (χ2n) is 4.74. The predicted molar refractivity (Wildman–Crippen MR) is 90.7 cm³/mol. The van der Waals surface area contributed by atoms with Crippen LogP contribution >= 0.6 is 34.3 Å². The van der Waals surface area contributed by atoms with Gasteiger partial charge in [0.15, 0.2) is 5.13 Å². The van der Waals surface area contributed by atoms with Crippen LogP contribution in [0, 0.1) is 0 Å². The smallest absolute Gasteiger partial charge is 0.265 e. The van der Waals surface area contributed by atoms with Crippen LogP contribution < -0.4 is 16.4 Å². The first-order chi connectivity index (χ1) is 9.95. The normalized spacial score (nSPS) is 10.9. The van der Waals surface area contributed by atoms with E-state index in [4.69, 9.17) is 17.3 Å². The van der Waals surface area contributed by atoms with E-state index in [1.165, 1.54) is 22.7 Å². The number of hydrogen-bond donors (Lipinski definition) is 3. The highest BCUT2D eigenvalue weighted by atomic mass is 35.5. The number of nitrogens with zero attached hydrogens (tertiary/aromatic N) is 1. The number of thiazole rings is 1. The molecule has 0 aliphatic heterocycles. The number of thiophene rings is 1. The second kappa shape index (κ2) is 7.11. The lowest BCUT2D eigenvalue weighted by molar-refractivity contribution is 0.0959. The van der Waals surface area contributed by atoms with Crippen LogP contribution in [0.4, 0.5) is 10.9 Å². The van der Waals surface area contributed by atoms with Crippen molar-refractivity contribution in [3.8, 4) is 0 Å². The summed E-state index contributed by atoms with van der Waals surface area (Å²) in [5.41, 5.74) is 5.79. The number of rotatable bonds is 6. The van der Waals surface area contributed by atoms with E-state index in [1.54, 1.807) is 0 Å². The zero-order valence-electron chi connectivity index (χ0n) is 11.8. The number of nitrogens with two attached hydrogens (primary N) is 1. The highest BCUT2D eigenvalue weighted by molar-refractivity contribution is 7.18. The summed E-state index contributed by atoms with van der Waals surface area (Å²) in [7, 11) is 0. The van der Waals surface area contributed by atoms with Gasteiger partial charge in [-0.15, -0.1) is 11.3 Å². The zero-order valence-corrected chi connectivity index (χ0v) is 14.2. The fraction of sp³-hybridized carbons (Fsp3) is 0.385. The Hall–Kier alpha value is -1.31. The molecule has 8 heteroatoms. The van der Waals surface area contributed by atoms with Crippen molar-refractivity contribution in [1.82, 2.24) is 10.3 Å². The summed E-state index contributed by atoms with van der Waals surface area (Å²) in [5.74, 6) is 0.0734. The summed E-state index contributed by atoms with van der Waals surface area (Å²) in [6.45, 7) is 4.55. The third kappa shape index (κ3) is 4.59. The average molecular weight is 345 g/mol. The Morgan fingerprint density at radius 3 is 2.81 bits per heavy atom. The molecule has 2 aromatic heterocycles. The molecular weight excluding hydrogens is 328 g/mol. The van der Waals surface area contributed by atoms with E-state index in [9.17, 15) is 4.79 Å². The maximum atomic E-state index is 12.1. The molecule has 2 rings (SSSR count). The summed E-state index contributed by atoms with van der Waals surface area (Å²) in [6, 6.07) is 4.06. The van der Waals surface area contributed by atoms with E-state index < -0.39 is 0 Å². The van der Waals surface area contributed by atoms with Crippen LogP contribution in [0.5, 0.6) is 0 Å². The molecule has 0 unspecified atom stereocenters. The number of nitrogen functional groups attached to an aromatic ring is 1. The molecule has 21 heavy (non-hydrogen) atoms. The van der Waals surface area contributed by atoms with E-state index in [-0.39, 0.29) is 17.8 Å². The van der Waals surface area contributed by atoms with E-state index >= 15 is 0 Å². The van der Waals surface area contributed by atoms with Crippen LogP contribution in [0.15, 0.2) is 12.1 Å². The molecule has 4 N–H and O–H groups in total. The van der Waals surface area contributed by atoms with Gasteiger partial charge in [-0.05, 0) is 32.4 Å². The van der Waals surface area contributed by atoms with Gasteiger partial charge in [0, 0.05) is 17.5 Å². The van der Waals surface area contributed by atoms with Crippen LogP contribution in [-0.2, 0) is 6.42 Å². The standard InChI is InChI=1S/C13H17ClN4OS2/c1-7(2)17-13-18-11(15)10(21-13)12(19)16-6-5-8-3-4-9(14)20-8/h3-4,7H,5-6,15H2,1-2H3,(H,16,19)(H,17,18). The van der Waals surface area contributed by atoms with Crippen LogP contribution in [0.3, 0.4) is 0 Å². The molecule has 0 fully saturated rings. The Morgan fingerprint density at radius 2 is 2.19 bits per heavy atom. The predicted octanol–water partition coefficient (Wildman–Crippen LogP) is 3.23. The van der Waals surface area contributed by atoms with Crippen molar-refractivity contribution in [2.45, 2.75) is 26.3 Å². The van der Waals surface area contributed by atoms with Gasteiger partial charge in [0.25, 0.3) is 5.91 Å². The van der Waals surface area contributed by atoms with Gasteiger partial charge in [0.05, 0.1) is 4.34 Å². The highest BCUT2D eigenvalue weighted by Gasteiger charge is 2.16. The Morgan fingerprint density at radius 1 is 1.43 bits per heavy atom. The lowest BCUT2D eigenvalue weighted by Gasteiger charge is -2.04. The molecule has 2 heterocycles. The van der Waals surface area contributed by atoms with Gasteiger partial charge in [-0.3, -0.25) is 4.79 Å². The third-order valence-electron chi connectivity index (χ3n) is 2.56. The molecule has 0 aromatic carbocycles. The number of carbonyl (C=O) groups is 1. The highest BCUT2D eigenvalue weighted by Crippen LogP contribution is 2.25. The van der Waals surface area contributed by atoms with Crippen LogP contribution in [0.25, 0.3) is 0 Å². The van der Waals surface area contributed by atoms with E-state index in [0.717, 1.165) is 15.6 Å². The Balaban J connectivity index is 1.89. The molecule has 5 nitrogen and oxygen atoms in total. The molecule has 0 saturated heterocycles. The van der Waals surface area contributed by atoms with Crippen molar-refractivity contribution in [1.29, 1.82) is 0 Å². The molecule has 0 radical (unpaired) electrons. The molecule has 1 amide bonds. The Labute approximate surface area is 136 Å². The minimum atomic E-state index is -0.190. The molecule has 0 bridgehead atoms. The van der Waals surface area contributed by atoms with Gasteiger partial charge in [0.1, 0.15) is 10.7 Å². The van der Waals surface area contributed by atoms with E-state index in [1.807, 2.05) is 26.0 Å². The minimum Gasteiger partial charge on any atom is -0.382 e. The molecule has 0 saturated carbocycles. The molecule has 114 valence electrons. The van der Waals surface area contributed by atoms with Crippen molar-refractivity contribution >= 4 is 51.1 Å². The quantitative estimate of drug-likeness (QED) is 0.751. The lowest BCUT2D eigenvalue weighted by Crippen LogP contribution is -2.25. The summed E-state index contributed by atoms with van der Waals surface area (Å²) in [4.78, 5) is 17.8. The summed E-state index contributed by atoms with van der Waals surface area (Å²) < 4.78 is 0.757. The number of carbonyl (C=O) groups excluding carboxylic acids is 1. The first kappa shape index (κ1) is 16.1. The van der Waals surface area contributed by atoms with Crippen LogP contribution in [0.2, 0.25) is 4.34 Å². The maximum absolute atomic E-state index is 12.1. The minimum absolute atomic E-state index is 0.190. The molecule has 0 spiro atoms. The first-order valence-corrected chi connectivity index (χ1v) is 8.52. The number of hydrogen-bond acceptors (Lipinski definition) is 6.